The van der Waals surface area contributed by atoms with Gasteiger partial charge < -0.3 is 11.2 Å². The summed E-state index contributed by atoms with van der Waals surface area (Å²) in [6.45, 7) is 48.0. The summed E-state index contributed by atoms with van der Waals surface area (Å²) >= 11 is 0. The van der Waals surface area contributed by atoms with Crippen LogP contribution in [0.25, 0.3) is 22.3 Å². The molecule has 0 aromatic heterocycles. The van der Waals surface area contributed by atoms with Gasteiger partial charge in [-0.2, -0.15) is 0 Å². The summed E-state index contributed by atoms with van der Waals surface area (Å²) in [7, 11) is 0.603. The number of carbonyl (C=O) groups is 1. The molecule has 1 unspecified atom stereocenters. The largest absolute Gasteiger partial charge is 1.00 e. The van der Waals surface area contributed by atoms with Crippen molar-refractivity contribution in [2.75, 3.05) is 7.05 Å². The molecule has 390 valence electrons. The summed E-state index contributed by atoms with van der Waals surface area (Å²) in [6.07, 6.45) is 10.4. The number of hydrogen-bond acceptors (Lipinski definition) is 3. The summed E-state index contributed by atoms with van der Waals surface area (Å²) in [5.41, 5.74) is 19.4. The molecule has 6 rings (SSSR count). The number of carbonyl (C=O) groups excluding carboxylic acids is 1. The van der Waals surface area contributed by atoms with Crippen molar-refractivity contribution >= 4 is 32.2 Å². The number of ketones is 1. The first kappa shape index (κ1) is 66.1. The van der Waals surface area contributed by atoms with E-state index < -0.39 is 7.92 Å². The number of Topliss-reactive ketones (excluding diaryl/α,β-unsaturated/α-hetero) is 1. The van der Waals surface area contributed by atoms with Crippen LogP contribution in [0.1, 0.15) is 265 Å². The third kappa shape index (κ3) is 16.0. The molecule has 2 aliphatic heterocycles. The van der Waals surface area contributed by atoms with E-state index in [-0.39, 0.29) is 75.1 Å². The average Bonchev–Trinajstić information content (AvgIpc) is 3.25. The summed E-state index contributed by atoms with van der Waals surface area (Å²) < 4.78 is 0. The third-order valence-corrected chi connectivity index (χ3v) is 22.9. The molecule has 71 heavy (non-hydrogen) atoms. The molecule has 0 spiro atoms. The van der Waals surface area contributed by atoms with Gasteiger partial charge in [-0.1, -0.05) is 246 Å². The summed E-state index contributed by atoms with van der Waals surface area (Å²) in [5, 5.41) is 3.99. The van der Waals surface area contributed by atoms with Gasteiger partial charge in [0.2, 0.25) is 0 Å². The zero-order valence-corrected chi connectivity index (χ0v) is 54.5. The van der Waals surface area contributed by atoms with E-state index in [9.17, 15) is 4.79 Å². The Balaban J connectivity index is 0.000000458. The Bertz CT molecular complexity index is 2240. The van der Waals surface area contributed by atoms with Crippen molar-refractivity contribution in [2.24, 2.45) is 5.73 Å². The first-order chi connectivity index (χ1) is 32.1. The predicted octanol–water partition coefficient (Wildman–Crippen LogP) is 16.3. The minimum Gasteiger partial charge on any atom is -0.870 e. The van der Waals surface area contributed by atoms with E-state index in [0.717, 1.165) is 19.3 Å². The number of benzene rings is 4. The van der Waals surface area contributed by atoms with E-state index in [1.54, 1.807) is 5.30 Å². The molecule has 0 amide bonds. The van der Waals surface area contributed by atoms with Crippen molar-refractivity contribution in [1.29, 1.82) is 0 Å². The van der Waals surface area contributed by atoms with Crippen molar-refractivity contribution in [3.8, 4) is 22.3 Å². The van der Waals surface area contributed by atoms with E-state index in [0.29, 0.717) is 58.0 Å². The molecule has 2 aliphatic rings. The smallest absolute Gasteiger partial charge is 0.870 e. The summed E-state index contributed by atoms with van der Waals surface area (Å²) in [4.78, 5) is 12.8. The maximum absolute atomic E-state index is 12.8. The van der Waals surface area contributed by atoms with Gasteiger partial charge in [-0.3, -0.25) is 4.79 Å². The fraction of sp³-hybridized carbons (Fsp3) is 0.615. The molecule has 1 atom stereocenters. The fourth-order valence-electron chi connectivity index (χ4n) is 12.2. The monoisotopic (exact) mass is 1030 g/mol. The molecule has 2 saturated heterocycles. The van der Waals surface area contributed by atoms with Crippen molar-refractivity contribution < 1.29 is 61.7 Å². The van der Waals surface area contributed by atoms with E-state index >= 15 is 0 Å². The molecule has 2 fully saturated rings. The molecule has 2 heterocycles. The second-order valence-corrected chi connectivity index (χ2v) is 32.3. The SMILES string of the molecule is CC(C)c1cc(C(C)C)c(-c2ccccc2P2C(C)(C)CCCC(=O)CC2(C)C)c(C(C)C)c1.CC(C)c1cc(C(C)C)c(-c2ccccc2P2C(C)(C)CCCCCC2(C)C)c(C(C)C)c1.CN.[K+].[OH-]. The van der Waals surface area contributed by atoms with Gasteiger partial charge in [0.25, 0.3) is 0 Å². The fourth-order valence-corrected chi connectivity index (χ4v) is 20.9. The Hall–Kier alpha value is -1.03. The van der Waals surface area contributed by atoms with E-state index in [4.69, 9.17) is 0 Å². The Kier molecular flexibility index (Phi) is 25.9. The predicted molar refractivity (Wildman–Crippen MR) is 316 cm³/mol. The summed E-state index contributed by atoms with van der Waals surface area (Å²) in [5.74, 6) is 3.43. The van der Waals surface area contributed by atoms with Crippen LogP contribution in [-0.4, -0.2) is 38.9 Å². The molecular weight excluding hydrogens is 928 g/mol. The van der Waals surface area contributed by atoms with Crippen LogP contribution in [0.2, 0.25) is 0 Å². The average molecular weight is 1030 g/mol. The van der Waals surface area contributed by atoms with Gasteiger partial charge in [-0.15, -0.1) is 0 Å². The molecule has 4 aromatic carbocycles. The summed E-state index contributed by atoms with van der Waals surface area (Å²) in [6, 6.07) is 28.7. The second-order valence-electron chi connectivity index (χ2n) is 25.2. The van der Waals surface area contributed by atoms with Crippen LogP contribution in [0, 0.1) is 0 Å². The van der Waals surface area contributed by atoms with Crippen molar-refractivity contribution in [3.63, 3.8) is 0 Å². The minimum absolute atomic E-state index is 0. The second kappa shape index (κ2) is 27.8. The van der Waals surface area contributed by atoms with Crippen LogP contribution in [0.15, 0.2) is 72.8 Å². The van der Waals surface area contributed by atoms with Crippen LogP contribution >= 0.6 is 15.8 Å². The van der Waals surface area contributed by atoms with E-state index in [1.807, 2.05) is 0 Å². The van der Waals surface area contributed by atoms with E-state index in [2.05, 4.69) is 217 Å². The zero-order chi connectivity index (χ0) is 52.0. The Morgan fingerprint density at radius 1 is 0.437 bits per heavy atom. The maximum atomic E-state index is 12.8. The van der Waals surface area contributed by atoms with Gasteiger partial charge in [0, 0.05) is 12.8 Å². The Labute approximate surface area is 482 Å². The van der Waals surface area contributed by atoms with Gasteiger partial charge in [-0.25, -0.2) is 0 Å². The topological polar surface area (TPSA) is 73.1 Å². The van der Waals surface area contributed by atoms with Crippen LogP contribution < -0.4 is 67.7 Å². The molecule has 0 bridgehead atoms. The van der Waals surface area contributed by atoms with Crippen LogP contribution in [0.5, 0.6) is 0 Å². The van der Waals surface area contributed by atoms with Crippen LogP contribution in [0.3, 0.4) is 0 Å². The third-order valence-electron chi connectivity index (χ3n) is 15.5. The van der Waals surface area contributed by atoms with Gasteiger partial charge in [0.05, 0.1) is 0 Å². The van der Waals surface area contributed by atoms with Gasteiger partial charge in [0.1, 0.15) is 5.78 Å². The molecule has 0 radical (unpaired) electrons. The minimum atomic E-state index is -0.572. The molecular formula is C65H102KNO2P2. The molecule has 3 N–H and O–H groups in total. The normalized spacial score (nSPS) is 18.9. The van der Waals surface area contributed by atoms with Crippen molar-refractivity contribution in [1.82, 2.24) is 0 Å². The number of nitrogens with two attached hydrogens (primary N) is 1. The molecule has 6 heteroatoms. The zero-order valence-electron chi connectivity index (χ0n) is 49.6. The first-order valence-corrected chi connectivity index (χ1v) is 30.1. The standard InChI is InChI=1S/C32H47OP.C32H49P.CH5N.K.H2O/c1-21(2)24-18-27(22(3)4)30(28(19-24)23(5)6)26-15-11-12-16-29(26)34-31(7,8)17-13-14-25(33)20-32(34,9)10;1-22(2)25-20-27(23(3)4)30(28(21-25)24(5)6)26-16-12-13-17-29(26)33-31(7,8)18-14-11-15-19-32(33,9)10;1-2;;/h11-12,15-16,18-19,21-23H,13-14,17,20H2,1-10H3;12-13,16-17,20-24H,11,14-15,18-19H2,1-10H3;2H2,1H3;;1H2/q;;;+1;/p-1. The number of rotatable bonds is 10. The van der Waals surface area contributed by atoms with Crippen LogP contribution in [-0.2, 0) is 4.79 Å². The molecule has 0 saturated carbocycles. The maximum Gasteiger partial charge on any atom is 1.00 e. The van der Waals surface area contributed by atoms with Crippen molar-refractivity contribution in [2.45, 2.75) is 252 Å². The van der Waals surface area contributed by atoms with Gasteiger partial charge >= 0.3 is 51.4 Å². The molecule has 0 aliphatic carbocycles. The van der Waals surface area contributed by atoms with Gasteiger partial charge in [-0.05, 0) is 155 Å². The number of hydrogen-bond donors (Lipinski definition) is 1. The first-order valence-electron chi connectivity index (χ1n) is 27.4. The molecule has 3 nitrogen and oxygen atoms in total. The Morgan fingerprint density at radius 2 is 0.732 bits per heavy atom. The quantitative estimate of drug-likeness (QED) is 0.127. The van der Waals surface area contributed by atoms with E-state index in [1.165, 1.54) is 100 Å². The van der Waals surface area contributed by atoms with Crippen molar-refractivity contribution in [3.05, 3.63) is 106 Å². The van der Waals surface area contributed by atoms with Gasteiger partial charge in [0.15, 0.2) is 0 Å². The Morgan fingerprint density at radius 3 is 1.04 bits per heavy atom. The van der Waals surface area contributed by atoms with Crippen LogP contribution in [0.4, 0.5) is 0 Å². The molecule has 4 aromatic rings.